The Hall–Kier alpha value is -2.95. The van der Waals surface area contributed by atoms with Crippen LogP contribution in [-0.2, 0) is 4.79 Å². The molecule has 1 N–H and O–H groups in total. The number of carbonyl (C=O) groups is 1. The van der Waals surface area contributed by atoms with E-state index in [1.807, 2.05) is 24.3 Å². The van der Waals surface area contributed by atoms with Gasteiger partial charge in [-0.3, -0.25) is 14.9 Å². The third-order valence-electron chi connectivity index (χ3n) is 3.64. The summed E-state index contributed by atoms with van der Waals surface area (Å²) in [5.74, 6) is 0.0447. The van der Waals surface area contributed by atoms with E-state index < -0.39 is 10.8 Å². The monoisotopic (exact) mass is 324 g/mol. The zero-order valence-electron chi connectivity index (χ0n) is 13.9. The molecule has 0 aliphatic heterocycles. The van der Waals surface area contributed by atoms with Crippen LogP contribution >= 0.6 is 0 Å². The highest BCUT2D eigenvalue weighted by molar-refractivity contribution is 6.03. The van der Waals surface area contributed by atoms with Gasteiger partial charge in [-0.2, -0.15) is 0 Å². The van der Waals surface area contributed by atoms with Crippen molar-refractivity contribution in [2.45, 2.75) is 26.7 Å². The van der Waals surface area contributed by atoms with Gasteiger partial charge in [0, 0.05) is 12.1 Å². The van der Waals surface area contributed by atoms with Crippen LogP contribution in [0.5, 0.6) is 0 Å². The van der Waals surface area contributed by atoms with Gasteiger partial charge < -0.3 is 5.32 Å². The number of rotatable bonds is 5. The lowest BCUT2D eigenvalue weighted by atomic mass is 10.0. The molecule has 0 unspecified atom stereocenters. The molecule has 0 bridgehead atoms. The van der Waals surface area contributed by atoms with Gasteiger partial charge in [-0.15, -0.1) is 0 Å². The van der Waals surface area contributed by atoms with Crippen molar-refractivity contribution < 1.29 is 9.72 Å². The van der Waals surface area contributed by atoms with Crippen molar-refractivity contribution in [3.05, 3.63) is 75.3 Å². The molecule has 0 radical (unpaired) electrons. The van der Waals surface area contributed by atoms with Gasteiger partial charge in [0.25, 0.3) is 5.69 Å². The molecule has 0 spiro atoms. The maximum Gasteiger partial charge on any atom is 0.293 e. The smallest absolute Gasteiger partial charge is 0.293 e. The number of hydrogen-bond acceptors (Lipinski definition) is 3. The van der Waals surface area contributed by atoms with E-state index in [-0.39, 0.29) is 11.4 Å². The number of nitro groups is 1. The van der Waals surface area contributed by atoms with Gasteiger partial charge in [-0.05, 0) is 41.7 Å². The Labute approximate surface area is 141 Å². The molecular formula is C19H20N2O3. The number of benzene rings is 2. The highest BCUT2D eigenvalue weighted by atomic mass is 16.6. The minimum absolute atomic E-state index is 0.113. The molecule has 124 valence electrons. The molecule has 5 heteroatoms. The summed E-state index contributed by atoms with van der Waals surface area (Å²) < 4.78 is 0. The summed E-state index contributed by atoms with van der Waals surface area (Å²) in [5, 5.41) is 13.6. The van der Waals surface area contributed by atoms with Crippen molar-refractivity contribution in [1.29, 1.82) is 0 Å². The standard InChI is InChI=1S/C19H20N2O3/c1-13(2)16-8-5-15(6-9-16)7-11-19(22)20-17-10-4-14(3)12-18(17)21(23)24/h4-13H,1-3H3,(H,20,22). The number of aryl methyl sites for hydroxylation is 1. The molecule has 0 atom stereocenters. The average Bonchev–Trinajstić information content (AvgIpc) is 2.54. The second kappa shape index (κ2) is 7.55. The summed E-state index contributed by atoms with van der Waals surface area (Å²) in [5.41, 5.74) is 2.97. The molecule has 0 fully saturated rings. The molecule has 0 aromatic heterocycles. The average molecular weight is 324 g/mol. The molecule has 2 aromatic rings. The van der Waals surface area contributed by atoms with Gasteiger partial charge in [-0.1, -0.05) is 44.2 Å². The lowest BCUT2D eigenvalue weighted by Gasteiger charge is -2.05. The molecule has 24 heavy (non-hydrogen) atoms. The Morgan fingerprint density at radius 3 is 2.42 bits per heavy atom. The molecule has 0 saturated carbocycles. The molecule has 0 aliphatic carbocycles. The zero-order chi connectivity index (χ0) is 17.7. The molecule has 0 saturated heterocycles. The van der Waals surface area contributed by atoms with E-state index in [9.17, 15) is 14.9 Å². The van der Waals surface area contributed by atoms with Crippen molar-refractivity contribution >= 4 is 23.4 Å². The topological polar surface area (TPSA) is 72.2 Å². The maximum atomic E-state index is 12.0. The quantitative estimate of drug-likeness (QED) is 0.493. The van der Waals surface area contributed by atoms with E-state index in [4.69, 9.17) is 0 Å². The predicted molar refractivity (Wildman–Crippen MR) is 96.0 cm³/mol. The fourth-order valence-electron chi connectivity index (χ4n) is 2.24. The van der Waals surface area contributed by atoms with Crippen molar-refractivity contribution in [3.8, 4) is 0 Å². The number of hydrogen-bond donors (Lipinski definition) is 1. The number of nitrogens with one attached hydrogen (secondary N) is 1. The number of nitro benzene ring substituents is 1. The Balaban J connectivity index is 2.09. The molecular weight excluding hydrogens is 304 g/mol. The summed E-state index contributed by atoms with van der Waals surface area (Å²) in [6.45, 7) is 6.00. The Morgan fingerprint density at radius 2 is 1.83 bits per heavy atom. The molecule has 0 heterocycles. The first-order chi connectivity index (χ1) is 11.4. The second-order valence-corrected chi connectivity index (χ2v) is 5.92. The second-order valence-electron chi connectivity index (χ2n) is 5.92. The van der Waals surface area contributed by atoms with Crippen LogP contribution in [0.2, 0.25) is 0 Å². The van der Waals surface area contributed by atoms with Crippen LogP contribution in [0.4, 0.5) is 11.4 Å². The Morgan fingerprint density at radius 1 is 1.17 bits per heavy atom. The number of carbonyl (C=O) groups excluding carboxylic acids is 1. The van der Waals surface area contributed by atoms with Crippen LogP contribution in [-0.4, -0.2) is 10.8 Å². The van der Waals surface area contributed by atoms with Crippen molar-refractivity contribution in [1.82, 2.24) is 0 Å². The fourth-order valence-corrected chi connectivity index (χ4v) is 2.24. The molecule has 2 aromatic carbocycles. The summed E-state index contributed by atoms with van der Waals surface area (Å²) in [4.78, 5) is 22.6. The first-order valence-electron chi connectivity index (χ1n) is 7.71. The fraction of sp³-hybridized carbons (Fsp3) is 0.211. The van der Waals surface area contributed by atoms with Crippen molar-refractivity contribution in [2.24, 2.45) is 0 Å². The Bertz CT molecular complexity index is 778. The van der Waals surface area contributed by atoms with E-state index >= 15 is 0 Å². The Kier molecular flexibility index (Phi) is 5.47. The van der Waals surface area contributed by atoms with Gasteiger partial charge in [-0.25, -0.2) is 0 Å². The largest absolute Gasteiger partial charge is 0.317 e. The van der Waals surface area contributed by atoms with Crippen molar-refractivity contribution in [2.75, 3.05) is 5.32 Å². The van der Waals surface area contributed by atoms with Crippen molar-refractivity contribution in [3.63, 3.8) is 0 Å². The number of anilines is 1. The highest BCUT2D eigenvalue weighted by Crippen LogP contribution is 2.25. The van der Waals surface area contributed by atoms with Gasteiger partial charge in [0.05, 0.1) is 4.92 Å². The number of nitrogens with zero attached hydrogens (tertiary/aromatic N) is 1. The predicted octanol–water partition coefficient (Wildman–Crippen LogP) is 4.68. The van der Waals surface area contributed by atoms with Gasteiger partial charge >= 0.3 is 0 Å². The van der Waals surface area contributed by atoms with Gasteiger partial charge in [0.15, 0.2) is 0 Å². The molecule has 5 nitrogen and oxygen atoms in total. The van der Waals surface area contributed by atoms with Crippen LogP contribution in [0, 0.1) is 17.0 Å². The highest BCUT2D eigenvalue weighted by Gasteiger charge is 2.14. The summed E-state index contributed by atoms with van der Waals surface area (Å²) >= 11 is 0. The van der Waals surface area contributed by atoms with Crippen LogP contribution < -0.4 is 5.32 Å². The van der Waals surface area contributed by atoms with Gasteiger partial charge in [0.1, 0.15) is 5.69 Å². The van der Waals surface area contributed by atoms with Crippen LogP contribution in [0.25, 0.3) is 6.08 Å². The van der Waals surface area contributed by atoms with Crippen LogP contribution in [0.3, 0.4) is 0 Å². The van der Waals surface area contributed by atoms with Gasteiger partial charge in [0.2, 0.25) is 5.91 Å². The summed E-state index contributed by atoms with van der Waals surface area (Å²) in [7, 11) is 0. The third-order valence-corrected chi connectivity index (χ3v) is 3.64. The number of amides is 1. The van der Waals surface area contributed by atoms with E-state index in [0.717, 1.165) is 11.1 Å². The third kappa shape index (κ3) is 4.52. The van der Waals surface area contributed by atoms with Crippen LogP contribution in [0.15, 0.2) is 48.5 Å². The first-order valence-corrected chi connectivity index (χ1v) is 7.71. The van der Waals surface area contributed by atoms with E-state index in [1.54, 1.807) is 19.1 Å². The van der Waals surface area contributed by atoms with E-state index in [0.29, 0.717) is 5.92 Å². The summed E-state index contributed by atoms with van der Waals surface area (Å²) in [6, 6.07) is 12.6. The van der Waals surface area contributed by atoms with E-state index in [1.165, 1.54) is 23.8 Å². The minimum atomic E-state index is -0.503. The minimum Gasteiger partial charge on any atom is -0.317 e. The summed E-state index contributed by atoms with van der Waals surface area (Å²) in [6.07, 6.45) is 3.05. The molecule has 2 rings (SSSR count). The maximum absolute atomic E-state index is 12.0. The molecule has 0 aliphatic rings. The zero-order valence-corrected chi connectivity index (χ0v) is 13.9. The lowest BCUT2D eigenvalue weighted by molar-refractivity contribution is -0.384. The molecule has 1 amide bonds. The lowest BCUT2D eigenvalue weighted by Crippen LogP contribution is -2.09. The normalized spacial score (nSPS) is 11.0. The van der Waals surface area contributed by atoms with Crippen LogP contribution in [0.1, 0.15) is 36.5 Å². The SMILES string of the molecule is Cc1ccc(NC(=O)C=Cc2ccc(C(C)C)cc2)c([N+](=O)[O-])c1. The first kappa shape index (κ1) is 17.4. The van der Waals surface area contributed by atoms with E-state index in [2.05, 4.69) is 19.2 Å².